The number of sulfone groups is 1. The summed E-state index contributed by atoms with van der Waals surface area (Å²) >= 11 is 9.10. The van der Waals surface area contributed by atoms with Gasteiger partial charge in [-0.05, 0) is 62.2 Å². The highest BCUT2D eigenvalue weighted by Gasteiger charge is 2.42. The summed E-state index contributed by atoms with van der Waals surface area (Å²) in [5.41, 5.74) is 1.01. The minimum atomic E-state index is -3.81. The highest BCUT2D eigenvalue weighted by Crippen LogP contribution is 2.26. The number of nitrogens with one attached hydrogen (secondary N) is 1. The molecular weight excluding hydrogens is 426 g/mol. The first-order chi connectivity index (χ1) is 11.6. The quantitative estimate of drug-likeness (QED) is 0.732. The standard InChI is InChI=1S/C18H19BrClNO3S/c1-18(2,25(23,24)16-9-5-14(19)6-10-16)17(22)21-12-11-13-3-7-15(20)8-4-13/h3-10H,11-12H2,1-2H3,(H,21,22). The van der Waals surface area contributed by atoms with Gasteiger partial charge < -0.3 is 5.32 Å². The molecule has 0 bridgehead atoms. The fraction of sp³-hybridized carbons (Fsp3) is 0.278. The Hall–Kier alpha value is -1.37. The van der Waals surface area contributed by atoms with E-state index in [1.165, 1.54) is 26.0 Å². The van der Waals surface area contributed by atoms with Crippen molar-refractivity contribution in [2.45, 2.75) is 29.9 Å². The zero-order valence-corrected chi connectivity index (χ0v) is 17.1. The monoisotopic (exact) mass is 443 g/mol. The molecule has 0 unspecified atom stereocenters. The van der Waals surface area contributed by atoms with Crippen molar-refractivity contribution in [3.8, 4) is 0 Å². The summed E-state index contributed by atoms with van der Waals surface area (Å²) in [6.07, 6.45) is 0.595. The second-order valence-electron chi connectivity index (χ2n) is 6.10. The number of rotatable bonds is 6. The third-order valence-electron chi connectivity index (χ3n) is 3.96. The van der Waals surface area contributed by atoms with Crippen LogP contribution in [0, 0.1) is 0 Å². The molecule has 0 aromatic heterocycles. The molecule has 25 heavy (non-hydrogen) atoms. The molecule has 0 atom stereocenters. The van der Waals surface area contributed by atoms with Crippen molar-refractivity contribution in [3.63, 3.8) is 0 Å². The van der Waals surface area contributed by atoms with Crippen LogP contribution in [-0.4, -0.2) is 25.6 Å². The van der Waals surface area contributed by atoms with Gasteiger partial charge in [0, 0.05) is 16.0 Å². The van der Waals surface area contributed by atoms with E-state index < -0.39 is 20.5 Å². The van der Waals surface area contributed by atoms with E-state index in [9.17, 15) is 13.2 Å². The first-order valence-electron chi connectivity index (χ1n) is 7.67. The van der Waals surface area contributed by atoms with Gasteiger partial charge in [-0.3, -0.25) is 4.79 Å². The molecule has 0 saturated heterocycles. The fourth-order valence-corrected chi connectivity index (χ4v) is 4.00. The van der Waals surface area contributed by atoms with Gasteiger partial charge in [0.1, 0.15) is 4.75 Å². The molecule has 0 aliphatic carbocycles. The zero-order valence-electron chi connectivity index (χ0n) is 13.9. The highest BCUT2D eigenvalue weighted by molar-refractivity contribution is 9.10. The van der Waals surface area contributed by atoms with Crippen molar-refractivity contribution < 1.29 is 13.2 Å². The van der Waals surface area contributed by atoms with Crippen LogP contribution in [0.1, 0.15) is 19.4 Å². The maximum Gasteiger partial charge on any atom is 0.241 e. The smallest absolute Gasteiger partial charge is 0.241 e. The normalized spacial score (nSPS) is 12.0. The molecule has 0 heterocycles. The number of amides is 1. The lowest BCUT2D eigenvalue weighted by atomic mass is 10.1. The minimum absolute atomic E-state index is 0.119. The van der Waals surface area contributed by atoms with Gasteiger partial charge in [-0.15, -0.1) is 0 Å². The second-order valence-corrected chi connectivity index (χ2v) is 9.95. The van der Waals surface area contributed by atoms with Gasteiger partial charge in [0.2, 0.25) is 5.91 Å². The van der Waals surface area contributed by atoms with Crippen LogP contribution in [0.5, 0.6) is 0 Å². The number of hydrogen-bond donors (Lipinski definition) is 1. The van der Waals surface area contributed by atoms with Crippen molar-refractivity contribution in [3.05, 3.63) is 63.6 Å². The summed E-state index contributed by atoms with van der Waals surface area (Å²) in [6, 6.07) is 13.6. The van der Waals surface area contributed by atoms with E-state index in [0.717, 1.165) is 10.0 Å². The Balaban J connectivity index is 2.05. The summed E-state index contributed by atoms with van der Waals surface area (Å²) in [6.45, 7) is 3.18. The van der Waals surface area contributed by atoms with Gasteiger partial charge in [-0.1, -0.05) is 39.7 Å². The van der Waals surface area contributed by atoms with Crippen molar-refractivity contribution >= 4 is 43.3 Å². The van der Waals surface area contributed by atoms with E-state index in [2.05, 4.69) is 21.2 Å². The molecule has 7 heteroatoms. The van der Waals surface area contributed by atoms with Gasteiger partial charge in [0.05, 0.1) is 4.90 Å². The number of halogens is 2. The average molecular weight is 445 g/mol. The molecule has 0 saturated carbocycles. The minimum Gasteiger partial charge on any atom is -0.354 e. The maximum absolute atomic E-state index is 12.8. The maximum atomic E-state index is 12.8. The van der Waals surface area contributed by atoms with E-state index in [1.54, 1.807) is 24.3 Å². The van der Waals surface area contributed by atoms with Crippen molar-refractivity contribution in [1.82, 2.24) is 5.32 Å². The van der Waals surface area contributed by atoms with Gasteiger partial charge in [-0.2, -0.15) is 0 Å². The Morgan fingerprint density at radius 1 is 1.08 bits per heavy atom. The first kappa shape index (κ1) is 19.9. The molecular formula is C18H19BrClNO3S. The Kier molecular flexibility index (Phi) is 6.30. The van der Waals surface area contributed by atoms with Crippen LogP contribution < -0.4 is 5.32 Å². The molecule has 0 fully saturated rings. The van der Waals surface area contributed by atoms with Crippen LogP contribution in [-0.2, 0) is 21.1 Å². The lowest BCUT2D eigenvalue weighted by Gasteiger charge is -2.24. The van der Waals surface area contributed by atoms with Crippen LogP contribution in [0.25, 0.3) is 0 Å². The molecule has 0 aliphatic heterocycles. The predicted octanol–water partition coefficient (Wildman–Crippen LogP) is 4.01. The van der Waals surface area contributed by atoms with E-state index >= 15 is 0 Å². The topological polar surface area (TPSA) is 63.2 Å². The molecule has 2 aromatic rings. The molecule has 1 N–H and O–H groups in total. The third-order valence-corrected chi connectivity index (χ3v) is 7.16. The van der Waals surface area contributed by atoms with Crippen LogP contribution >= 0.6 is 27.5 Å². The molecule has 0 aliphatic rings. The fourth-order valence-electron chi connectivity index (χ4n) is 2.21. The Morgan fingerprint density at radius 3 is 2.20 bits per heavy atom. The third kappa shape index (κ3) is 4.63. The van der Waals surface area contributed by atoms with Crippen LogP contribution in [0.4, 0.5) is 0 Å². The molecule has 4 nitrogen and oxygen atoms in total. The SMILES string of the molecule is CC(C)(C(=O)NCCc1ccc(Cl)cc1)S(=O)(=O)c1ccc(Br)cc1. The summed E-state index contributed by atoms with van der Waals surface area (Å²) in [7, 11) is -3.81. The Morgan fingerprint density at radius 2 is 1.64 bits per heavy atom. The summed E-state index contributed by atoms with van der Waals surface area (Å²) in [4.78, 5) is 12.6. The predicted molar refractivity (Wildman–Crippen MR) is 104 cm³/mol. The van der Waals surface area contributed by atoms with Gasteiger partial charge >= 0.3 is 0 Å². The van der Waals surface area contributed by atoms with Gasteiger partial charge in [0.15, 0.2) is 9.84 Å². The van der Waals surface area contributed by atoms with Crippen LogP contribution in [0.2, 0.25) is 5.02 Å². The average Bonchev–Trinajstić information content (AvgIpc) is 2.56. The number of benzene rings is 2. The summed E-state index contributed by atoms with van der Waals surface area (Å²) in [5, 5.41) is 3.36. The van der Waals surface area contributed by atoms with Gasteiger partial charge in [0.25, 0.3) is 0 Å². The molecule has 0 radical (unpaired) electrons. The first-order valence-corrected chi connectivity index (χ1v) is 10.3. The number of carbonyl (C=O) groups is 1. The van der Waals surface area contributed by atoms with Gasteiger partial charge in [-0.25, -0.2) is 8.42 Å². The molecule has 1 amide bonds. The largest absolute Gasteiger partial charge is 0.354 e. The van der Waals surface area contributed by atoms with E-state index in [1.807, 2.05) is 12.1 Å². The lowest BCUT2D eigenvalue weighted by molar-refractivity contribution is -0.122. The van der Waals surface area contributed by atoms with E-state index in [0.29, 0.717) is 18.0 Å². The number of hydrogen-bond acceptors (Lipinski definition) is 3. The molecule has 134 valence electrons. The van der Waals surface area contributed by atoms with E-state index in [-0.39, 0.29) is 4.90 Å². The molecule has 2 rings (SSSR count). The molecule has 2 aromatic carbocycles. The van der Waals surface area contributed by atoms with Crippen molar-refractivity contribution in [1.29, 1.82) is 0 Å². The second kappa shape index (κ2) is 7.89. The van der Waals surface area contributed by atoms with Crippen molar-refractivity contribution in [2.24, 2.45) is 0 Å². The number of carbonyl (C=O) groups excluding carboxylic acids is 1. The summed E-state index contributed by atoms with van der Waals surface area (Å²) < 4.78 is 24.8. The van der Waals surface area contributed by atoms with E-state index in [4.69, 9.17) is 11.6 Å². The van der Waals surface area contributed by atoms with Crippen LogP contribution in [0.15, 0.2) is 57.9 Å². The molecule has 0 spiro atoms. The Bertz CT molecular complexity index is 847. The highest BCUT2D eigenvalue weighted by atomic mass is 79.9. The Labute approximate surface area is 161 Å². The zero-order chi connectivity index (χ0) is 18.7. The summed E-state index contributed by atoms with van der Waals surface area (Å²) in [5.74, 6) is -0.524. The van der Waals surface area contributed by atoms with Crippen LogP contribution in [0.3, 0.4) is 0 Å². The van der Waals surface area contributed by atoms with Crippen molar-refractivity contribution in [2.75, 3.05) is 6.54 Å². The lowest BCUT2D eigenvalue weighted by Crippen LogP contribution is -2.48.